The van der Waals surface area contributed by atoms with Crippen LogP contribution in [0.15, 0.2) is 0 Å². The van der Waals surface area contributed by atoms with Crippen molar-refractivity contribution in [3.05, 3.63) is 0 Å². The molecule has 0 aromatic rings. The molecule has 0 aromatic carbocycles. The van der Waals surface area contributed by atoms with Gasteiger partial charge in [0.15, 0.2) is 0 Å². The molecule has 0 bridgehead atoms. The van der Waals surface area contributed by atoms with Crippen LogP contribution in [0.4, 0.5) is 0 Å². The second-order valence-corrected chi connectivity index (χ2v) is 12.3. The van der Waals surface area contributed by atoms with Crippen molar-refractivity contribution >= 4 is 0 Å². The van der Waals surface area contributed by atoms with E-state index in [0.717, 1.165) is 65.0 Å². The molecule has 0 unspecified atom stereocenters. The van der Waals surface area contributed by atoms with Gasteiger partial charge >= 0.3 is 0 Å². The van der Waals surface area contributed by atoms with E-state index in [4.69, 9.17) is 18.9 Å². The van der Waals surface area contributed by atoms with Gasteiger partial charge in [0.05, 0.1) is 32.0 Å². The van der Waals surface area contributed by atoms with Crippen LogP contribution in [-0.2, 0) is 18.9 Å². The van der Waals surface area contributed by atoms with Crippen molar-refractivity contribution in [2.75, 3.05) is 112 Å². The third kappa shape index (κ3) is 17.5. The summed E-state index contributed by atoms with van der Waals surface area (Å²) in [6.45, 7) is 21.1. The Bertz CT molecular complexity index is 557. The fourth-order valence-corrected chi connectivity index (χ4v) is 4.93. The van der Waals surface area contributed by atoms with E-state index >= 15 is 0 Å². The van der Waals surface area contributed by atoms with Crippen LogP contribution in [-0.4, -0.2) is 159 Å². The van der Waals surface area contributed by atoms with E-state index in [-0.39, 0.29) is 26.4 Å². The quantitative estimate of drug-likeness (QED) is 0.165. The number of rotatable bonds is 22. The predicted molar refractivity (Wildman–Crippen MR) is 160 cm³/mol. The van der Waals surface area contributed by atoms with Gasteiger partial charge in [-0.25, -0.2) is 0 Å². The summed E-state index contributed by atoms with van der Waals surface area (Å²) >= 11 is 0. The van der Waals surface area contributed by atoms with Crippen molar-refractivity contribution in [2.45, 2.75) is 84.0 Å². The Hall–Kier alpha value is -0.400. The van der Waals surface area contributed by atoms with Crippen LogP contribution in [0.2, 0.25) is 0 Å². The molecule has 40 heavy (non-hydrogen) atoms. The van der Waals surface area contributed by atoms with Crippen molar-refractivity contribution < 1.29 is 34.3 Å². The van der Waals surface area contributed by atoms with Crippen LogP contribution in [0.3, 0.4) is 0 Å². The molecule has 0 atom stereocenters. The highest BCUT2D eigenvalue weighted by atomic mass is 16.5. The molecule has 0 spiro atoms. The third-order valence-electron chi connectivity index (χ3n) is 6.72. The summed E-state index contributed by atoms with van der Waals surface area (Å²) in [5.74, 6) is 0. The molecule has 0 aromatic heterocycles. The highest BCUT2D eigenvalue weighted by Gasteiger charge is 2.34. The summed E-state index contributed by atoms with van der Waals surface area (Å²) < 4.78 is 23.2. The molecule has 1 aliphatic rings. The smallest absolute Gasteiger partial charge is 0.124 e. The highest BCUT2D eigenvalue weighted by molar-refractivity contribution is 4.88. The number of nitrogens with zero attached hydrogens (tertiary/aromatic N) is 3. The SMILES string of the molecule is CCCOCC(O)(COCCC)CN1CCN(CC(C)(C)O)CCN(CC(O)(COCCC)COCCC)CC1. The molecule has 1 saturated heterocycles. The van der Waals surface area contributed by atoms with E-state index < -0.39 is 16.8 Å². The zero-order valence-electron chi connectivity index (χ0n) is 26.7. The molecule has 0 saturated carbocycles. The van der Waals surface area contributed by atoms with Gasteiger partial charge in [0.1, 0.15) is 11.2 Å². The van der Waals surface area contributed by atoms with Crippen LogP contribution >= 0.6 is 0 Å². The Morgan fingerprint density at radius 3 is 0.950 bits per heavy atom. The fourth-order valence-electron chi connectivity index (χ4n) is 4.93. The minimum atomic E-state index is -1.12. The number of hydrogen-bond donors (Lipinski definition) is 3. The standard InChI is InChI=1S/C30H63N3O7/c1-7-17-37-24-29(35,25-38-18-8-2)22-32-13-11-31(21-28(5,6)34)12-14-33(16-15-32)23-30(36,26-39-19-9-3)27-40-20-10-4/h34-36H,7-27H2,1-6H3. The molecule has 0 radical (unpaired) electrons. The number of aliphatic hydroxyl groups is 3. The van der Waals surface area contributed by atoms with Crippen molar-refractivity contribution in [2.24, 2.45) is 0 Å². The summed E-state index contributed by atoms with van der Waals surface area (Å²) in [6, 6.07) is 0. The zero-order valence-corrected chi connectivity index (χ0v) is 26.7. The molecule has 0 amide bonds. The summed E-state index contributed by atoms with van der Waals surface area (Å²) in [5.41, 5.74) is -3.06. The van der Waals surface area contributed by atoms with E-state index in [9.17, 15) is 15.3 Å². The summed E-state index contributed by atoms with van der Waals surface area (Å²) in [7, 11) is 0. The van der Waals surface area contributed by atoms with E-state index in [1.54, 1.807) is 0 Å². The lowest BCUT2D eigenvalue weighted by molar-refractivity contribution is -0.114. The van der Waals surface area contributed by atoms with Gasteiger partial charge in [0.2, 0.25) is 0 Å². The van der Waals surface area contributed by atoms with Crippen molar-refractivity contribution in [3.8, 4) is 0 Å². The van der Waals surface area contributed by atoms with Gasteiger partial charge in [0, 0.05) is 85.3 Å². The Labute approximate surface area is 244 Å². The van der Waals surface area contributed by atoms with Crippen LogP contribution in [0.25, 0.3) is 0 Å². The van der Waals surface area contributed by atoms with Crippen LogP contribution in [0.5, 0.6) is 0 Å². The first-order valence-electron chi connectivity index (χ1n) is 15.6. The Kier molecular flexibility index (Phi) is 19.3. The number of hydrogen-bond acceptors (Lipinski definition) is 10. The third-order valence-corrected chi connectivity index (χ3v) is 6.72. The van der Waals surface area contributed by atoms with Gasteiger partial charge in [0.25, 0.3) is 0 Å². The first kappa shape index (κ1) is 37.6. The normalized spacial score (nSPS) is 17.6. The van der Waals surface area contributed by atoms with Crippen molar-refractivity contribution in [3.63, 3.8) is 0 Å². The molecule has 10 heteroatoms. The van der Waals surface area contributed by atoms with E-state index in [1.807, 2.05) is 13.8 Å². The lowest BCUT2D eigenvalue weighted by atomic mass is 10.1. The molecule has 1 fully saturated rings. The van der Waals surface area contributed by atoms with Crippen LogP contribution in [0.1, 0.15) is 67.2 Å². The zero-order chi connectivity index (χ0) is 29.9. The van der Waals surface area contributed by atoms with Crippen LogP contribution in [0, 0.1) is 0 Å². The van der Waals surface area contributed by atoms with Gasteiger partial charge < -0.3 is 34.3 Å². The average molecular weight is 578 g/mol. The number of ether oxygens (including phenoxy) is 4. The van der Waals surface area contributed by atoms with Crippen molar-refractivity contribution in [1.29, 1.82) is 0 Å². The second-order valence-electron chi connectivity index (χ2n) is 12.3. The minimum absolute atomic E-state index is 0.224. The molecule has 1 heterocycles. The maximum atomic E-state index is 11.6. The van der Waals surface area contributed by atoms with Crippen molar-refractivity contribution in [1.82, 2.24) is 14.7 Å². The predicted octanol–water partition coefficient (Wildman–Crippen LogP) is 1.85. The molecule has 0 aliphatic carbocycles. The topological polar surface area (TPSA) is 107 Å². The lowest BCUT2D eigenvalue weighted by Crippen LogP contribution is -2.54. The monoisotopic (exact) mass is 577 g/mol. The van der Waals surface area contributed by atoms with Gasteiger partial charge in [-0.05, 0) is 39.5 Å². The molecule has 1 aliphatic heterocycles. The van der Waals surface area contributed by atoms with Crippen LogP contribution < -0.4 is 0 Å². The maximum Gasteiger partial charge on any atom is 0.124 e. The molecule has 1 rings (SSSR count). The Morgan fingerprint density at radius 2 is 0.725 bits per heavy atom. The molecular weight excluding hydrogens is 514 g/mol. The molecule has 240 valence electrons. The summed E-state index contributed by atoms with van der Waals surface area (Å²) in [5, 5.41) is 33.7. The Morgan fingerprint density at radius 1 is 0.475 bits per heavy atom. The molecule has 10 nitrogen and oxygen atoms in total. The fraction of sp³-hybridized carbons (Fsp3) is 1.00. The summed E-state index contributed by atoms with van der Waals surface area (Å²) in [4.78, 5) is 6.80. The van der Waals surface area contributed by atoms with Gasteiger partial charge in [-0.15, -0.1) is 0 Å². The highest BCUT2D eigenvalue weighted by Crippen LogP contribution is 2.16. The lowest BCUT2D eigenvalue weighted by Gasteiger charge is -2.36. The molecule has 3 N–H and O–H groups in total. The van der Waals surface area contributed by atoms with E-state index in [0.29, 0.717) is 46.1 Å². The average Bonchev–Trinajstić information content (AvgIpc) is 2.95. The maximum absolute atomic E-state index is 11.6. The van der Waals surface area contributed by atoms with E-state index in [1.165, 1.54) is 0 Å². The first-order valence-corrected chi connectivity index (χ1v) is 15.6. The second kappa shape index (κ2) is 20.5. The van der Waals surface area contributed by atoms with E-state index in [2.05, 4.69) is 42.4 Å². The van der Waals surface area contributed by atoms with Gasteiger partial charge in [-0.3, -0.25) is 14.7 Å². The van der Waals surface area contributed by atoms with Gasteiger partial charge in [-0.1, -0.05) is 27.7 Å². The first-order chi connectivity index (χ1) is 19.0. The minimum Gasteiger partial charge on any atom is -0.389 e. The number of β-amino-alcohol motifs (C(OH)–C–C–N with tert-alkyl or cyclic N) is 3. The van der Waals surface area contributed by atoms with Gasteiger partial charge in [-0.2, -0.15) is 0 Å². The Balaban J connectivity index is 3.07. The summed E-state index contributed by atoms with van der Waals surface area (Å²) in [6.07, 6.45) is 3.57. The largest absolute Gasteiger partial charge is 0.389 e. The molecular formula is C30H63N3O7.